The number of guanidine groups is 1. The molecule has 136 valence electrons. The van der Waals surface area contributed by atoms with Crippen LogP contribution in [0, 0.1) is 0 Å². The summed E-state index contributed by atoms with van der Waals surface area (Å²) in [5, 5.41) is 7.90. The number of halogens is 1. The van der Waals surface area contributed by atoms with Gasteiger partial charge in [0, 0.05) is 56.6 Å². The standard InChI is InChI=1S/C16H27N5OS.HI/c1-4-13-10-19-14(23-13)6-8-18-16(17-3)20-12-7-9-21(11-12)15(22)5-2;/h10,12H,4-9,11H2,1-3H3,(H2,17,18,20);1H. The monoisotopic (exact) mass is 465 g/mol. The first-order valence-electron chi connectivity index (χ1n) is 8.34. The second kappa shape index (κ2) is 10.9. The number of rotatable bonds is 6. The maximum absolute atomic E-state index is 11.7. The summed E-state index contributed by atoms with van der Waals surface area (Å²) in [5.41, 5.74) is 0. The minimum absolute atomic E-state index is 0. The van der Waals surface area contributed by atoms with E-state index >= 15 is 0 Å². The van der Waals surface area contributed by atoms with Crippen LogP contribution in [0.4, 0.5) is 0 Å². The van der Waals surface area contributed by atoms with E-state index in [9.17, 15) is 4.79 Å². The quantitative estimate of drug-likeness (QED) is 0.384. The SMILES string of the molecule is CCC(=O)N1CCC(NC(=NC)NCCc2ncc(CC)s2)C1.I. The van der Waals surface area contributed by atoms with Gasteiger partial charge < -0.3 is 15.5 Å². The van der Waals surface area contributed by atoms with Gasteiger partial charge in [-0.1, -0.05) is 13.8 Å². The molecule has 0 bridgehead atoms. The molecule has 2 heterocycles. The third kappa shape index (κ3) is 6.19. The average molecular weight is 465 g/mol. The molecule has 0 saturated carbocycles. The summed E-state index contributed by atoms with van der Waals surface area (Å²) < 4.78 is 0. The second-order valence-electron chi connectivity index (χ2n) is 5.65. The normalized spacial score (nSPS) is 17.5. The largest absolute Gasteiger partial charge is 0.356 e. The van der Waals surface area contributed by atoms with Gasteiger partial charge in [0.25, 0.3) is 0 Å². The van der Waals surface area contributed by atoms with Crippen LogP contribution in [-0.4, -0.2) is 54.5 Å². The van der Waals surface area contributed by atoms with Gasteiger partial charge in [0.15, 0.2) is 5.96 Å². The molecule has 24 heavy (non-hydrogen) atoms. The van der Waals surface area contributed by atoms with E-state index in [4.69, 9.17) is 0 Å². The number of aromatic nitrogens is 1. The molecule has 1 aromatic rings. The minimum atomic E-state index is 0. The highest BCUT2D eigenvalue weighted by molar-refractivity contribution is 14.0. The van der Waals surface area contributed by atoms with Crippen LogP contribution in [0.3, 0.4) is 0 Å². The van der Waals surface area contributed by atoms with E-state index in [0.29, 0.717) is 6.42 Å². The van der Waals surface area contributed by atoms with E-state index in [-0.39, 0.29) is 35.9 Å². The smallest absolute Gasteiger partial charge is 0.222 e. The number of hydrogen-bond donors (Lipinski definition) is 2. The van der Waals surface area contributed by atoms with Crippen molar-refractivity contribution >= 4 is 47.2 Å². The maximum atomic E-state index is 11.7. The lowest BCUT2D eigenvalue weighted by molar-refractivity contribution is -0.129. The molecule has 1 atom stereocenters. The molecule has 0 spiro atoms. The fourth-order valence-electron chi connectivity index (χ4n) is 2.63. The lowest BCUT2D eigenvalue weighted by Gasteiger charge is -2.18. The fraction of sp³-hybridized carbons (Fsp3) is 0.688. The van der Waals surface area contributed by atoms with E-state index in [1.165, 1.54) is 4.88 Å². The van der Waals surface area contributed by atoms with Crippen LogP contribution in [0.25, 0.3) is 0 Å². The molecule has 6 nitrogen and oxygen atoms in total. The highest BCUT2D eigenvalue weighted by atomic mass is 127. The number of nitrogens with zero attached hydrogens (tertiary/aromatic N) is 3. The summed E-state index contributed by atoms with van der Waals surface area (Å²) in [6.07, 6.45) is 5.45. The van der Waals surface area contributed by atoms with Gasteiger partial charge in [0.2, 0.25) is 5.91 Å². The van der Waals surface area contributed by atoms with Gasteiger partial charge >= 0.3 is 0 Å². The van der Waals surface area contributed by atoms with E-state index < -0.39 is 0 Å². The number of carbonyl (C=O) groups excluding carboxylic acids is 1. The first kappa shape index (κ1) is 21.1. The predicted octanol–water partition coefficient (Wildman–Crippen LogP) is 2.04. The number of aryl methyl sites for hydroxylation is 1. The van der Waals surface area contributed by atoms with Crippen LogP contribution in [0.2, 0.25) is 0 Å². The number of amides is 1. The first-order chi connectivity index (χ1) is 11.2. The summed E-state index contributed by atoms with van der Waals surface area (Å²) in [6, 6.07) is 0.281. The molecule has 1 aromatic heterocycles. The van der Waals surface area contributed by atoms with E-state index in [1.54, 1.807) is 18.4 Å². The summed E-state index contributed by atoms with van der Waals surface area (Å²) >= 11 is 1.78. The van der Waals surface area contributed by atoms with Gasteiger partial charge in [-0.05, 0) is 12.8 Å². The molecule has 1 unspecified atom stereocenters. The first-order valence-corrected chi connectivity index (χ1v) is 9.16. The van der Waals surface area contributed by atoms with Gasteiger partial charge in [0.05, 0.1) is 5.01 Å². The topological polar surface area (TPSA) is 69.6 Å². The van der Waals surface area contributed by atoms with Crippen molar-refractivity contribution < 1.29 is 4.79 Å². The molecular formula is C16H28IN5OS. The van der Waals surface area contributed by atoms with Gasteiger partial charge in [0.1, 0.15) is 0 Å². The van der Waals surface area contributed by atoms with Crippen LogP contribution in [-0.2, 0) is 17.6 Å². The van der Waals surface area contributed by atoms with Crippen molar-refractivity contribution in [3.63, 3.8) is 0 Å². The molecule has 1 amide bonds. The second-order valence-corrected chi connectivity index (χ2v) is 6.85. The number of hydrogen-bond acceptors (Lipinski definition) is 4. The number of carbonyl (C=O) groups is 1. The van der Waals surface area contributed by atoms with Crippen molar-refractivity contribution in [1.29, 1.82) is 0 Å². The van der Waals surface area contributed by atoms with Gasteiger partial charge in [-0.15, -0.1) is 35.3 Å². The maximum Gasteiger partial charge on any atom is 0.222 e. The molecule has 1 fully saturated rings. The molecule has 1 aliphatic heterocycles. The Bertz CT molecular complexity index is 548. The van der Waals surface area contributed by atoms with Crippen molar-refractivity contribution in [2.24, 2.45) is 4.99 Å². The lowest BCUT2D eigenvalue weighted by Crippen LogP contribution is -2.45. The van der Waals surface area contributed by atoms with E-state index in [2.05, 4.69) is 27.5 Å². The molecule has 8 heteroatoms. The van der Waals surface area contributed by atoms with Gasteiger partial charge in [-0.3, -0.25) is 9.79 Å². The molecule has 0 aromatic carbocycles. The van der Waals surface area contributed by atoms with E-state index in [0.717, 1.165) is 49.9 Å². The summed E-state index contributed by atoms with van der Waals surface area (Å²) in [5.74, 6) is 1.03. The zero-order valence-corrected chi connectivity index (χ0v) is 17.8. The van der Waals surface area contributed by atoms with Crippen molar-refractivity contribution in [1.82, 2.24) is 20.5 Å². The van der Waals surface area contributed by atoms with Gasteiger partial charge in [-0.25, -0.2) is 4.98 Å². The number of nitrogens with one attached hydrogen (secondary N) is 2. The summed E-state index contributed by atoms with van der Waals surface area (Å²) in [6.45, 7) is 6.46. The molecule has 1 saturated heterocycles. The zero-order valence-electron chi connectivity index (χ0n) is 14.7. The molecular weight excluding hydrogens is 437 g/mol. The van der Waals surface area contributed by atoms with Crippen LogP contribution in [0.1, 0.15) is 36.6 Å². The van der Waals surface area contributed by atoms with Gasteiger partial charge in [-0.2, -0.15) is 0 Å². The zero-order chi connectivity index (χ0) is 16.7. The van der Waals surface area contributed by atoms with Crippen LogP contribution in [0.5, 0.6) is 0 Å². The van der Waals surface area contributed by atoms with Crippen LogP contribution < -0.4 is 10.6 Å². The molecule has 1 aliphatic rings. The predicted molar refractivity (Wildman–Crippen MR) is 110 cm³/mol. The van der Waals surface area contributed by atoms with E-state index in [1.807, 2.05) is 18.0 Å². The number of thiazole rings is 1. The van der Waals surface area contributed by atoms with Crippen LogP contribution >= 0.6 is 35.3 Å². The molecule has 2 rings (SSSR count). The number of aliphatic imine (C=N–C) groups is 1. The Balaban J connectivity index is 0.00000288. The number of likely N-dealkylation sites (tertiary alicyclic amines) is 1. The summed E-state index contributed by atoms with van der Waals surface area (Å²) in [4.78, 5) is 23.7. The highest BCUT2D eigenvalue weighted by Gasteiger charge is 2.25. The summed E-state index contributed by atoms with van der Waals surface area (Å²) in [7, 11) is 1.78. The Morgan fingerprint density at radius 1 is 1.50 bits per heavy atom. The molecule has 0 radical (unpaired) electrons. The average Bonchev–Trinajstić information content (AvgIpc) is 3.22. The Morgan fingerprint density at radius 3 is 2.92 bits per heavy atom. The Kier molecular flexibility index (Phi) is 9.57. The Hall–Kier alpha value is -0.900. The Labute approximate surface area is 165 Å². The van der Waals surface area contributed by atoms with Crippen molar-refractivity contribution in [2.45, 2.75) is 45.6 Å². The van der Waals surface area contributed by atoms with Crippen molar-refractivity contribution in [3.05, 3.63) is 16.1 Å². The minimum Gasteiger partial charge on any atom is -0.356 e. The molecule has 2 N–H and O–H groups in total. The third-order valence-electron chi connectivity index (χ3n) is 3.99. The van der Waals surface area contributed by atoms with Crippen LogP contribution in [0.15, 0.2) is 11.2 Å². The highest BCUT2D eigenvalue weighted by Crippen LogP contribution is 2.13. The fourth-order valence-corrected chi connectivity index (χ4v) is 3.49. The third-order valence-corrected chi connectivity index (χ3v) is 5.19. The Morgan fingerprint density at radius 2 is 2.29 bits per heavy atom. The van der Waals surface area contributed by atoms with Crippen molar-refractivity contribution in [2.75, 3.05) is 26.7 Å². The lowest BCUT2D eigenvalue weighted by atomic mass is 10.3. The van der Waals surface area contributed by atoms with Crippen molar-refractivity contribution in [3.8, 4) is 0 Å². The molecule has 0 aliphatic carbocycles.